The predicted molar refractivity (Wildman–Crippen MR) is 87.5 cm³/mol. The number of rotatable bonds is 3. The lowest BCUT2D eigenvalue weighted by Gasteiger charge is -2.39. The van der Waals surface area contributed by atoms with Gasteiger partial charge in [0.1, 0.15) is 0 Å². The number of piperidine rings is 1. The molecule has 1 aliphatic heterocycles. The molecule has 0 unspecified atom stereocenters. The first-order chi connectivity index (χ1) is 8.98. The number of thiocarbonyl (C=S) groups is 1. The van der Waals surface area contributed by atoms with Crippen LogP contribution in [0.5, 0.6) is 0 Å². The third-order valence-electron chi connectivity index (χ3n) is 3.48. The first kappa shape index (κ1) is 15.1. The second-order valence-electron chi connectivity index (χ2n) is 4.46. The van der Waals surface area contributed by atoms with Gasteiger partial charge >= 0.3 is 0 Å². The number of thiophene rings is 1. The van der Waals surface area contributed by atoms with Crippen LogP contribution in [0.15, 0.2) is 12.1 Å². The number of likely N-dealkylation sites (tertiary alicyclic amines) is 1. The highest BCUT2D eigenvalue weighted by atomic mass is 35.5. The number of halogens is 1. The van der Waals surface area contributed by atoms with Crippen LogP contribution in [0.1, 0.15) is 22.5 Å². The fraction of sp³-hybridized carbons (Fsp3) is 0.500. The number of amides is 1. The minimum Gasteiger partial charge on any atom is -0.392 e. The van der Waals surface area contributed by atoms with Crippen molar-refractivity contribution in [2.75, 3.05) is 19.3 Å². The van der Waals surface area contributed by atoms with Gasteiger partial charge in [0.05, 0.1) is 18.9 Å². The Morgan fingerprint density at radius 1 is 1.53 bits per heavy atom. The second kappa shape index (κ2) is 5.99. The molecule has 0 radical (unpaired) electrons. The van der Waals surface area contributed by atoms with Crippen LogP contribution in [0, 0.1) is 0 Å². The van der Waals surface area contributed by atoms with Crippen LogP contribution in [0.3, 0.4) is 0 Å². The van der Waals surface area contributed by atoms with Crippen LogP contribution < -0.4 is 5.73 Å². The molecule has 7 heteroatoms. The minimum absolute atomic E-state index is 0.0505. The summed E-state index contributed by atoms with van der Waals surface area (Å²) in [5, 5.41) is 0. The molecule has 1 amide bonds. The van der Waals surface area contributed by atoms with Crippen molar-refractivity contribution in [1.29, 1.82) is 0 Å². The number of thioether (sulfide) groups is 1. The quantitative estimate of drug-likeness (QED) is 0.863. The average molecular weight is 335 g/mol. The van der Waals surface area contributed by atoms with Gasteiger partial charge in [-0.3, -0.25) is 4.79 Å². The number of hydrogen-bond acceptors (Lipinski definition) is 4. The van der Waals surface area contributed by atoms with Crippen molar-refractivity contribution in [3.63, 3.8) is 0 Å². The summed E-state index contributed by atoms with van der Waals surface area (Å²) in [7, 11) is 0. The molecule has 2 heterocycles. The van der Waals surface area contributed by atoms with E-state index in [2.05, 4.69) is 0 Å². The summed E-state index contributed by atoms with van der Waals surface area (Å²) < 4.78 is 0.487. The molecule has 0 bridgehead atoms. The van der Waals surface area contributed by atoms with Gasteiger partial charge < -0.3 is 10.6 Å². The molecule has 1 aliphatic rings. The summed E-state index contributed by atoms with van der Waals surface area (Å²) in [4.78, 5) is 15.4. The standard InChI is InChI=1S/C12H15ClN2OS3/c1-18-12(11(14)17)4-6-15(7-5-12)10(16)8-2-3-9(13)19-8/h2-3H,4-7H2,1H3,(H2,14,17). The highest BCUT2D eigenvalue weighted by Crippen LogP contribution is 2.35. The molecule has 0 saturated carbocycles. The first-order valence-electron chi connectivity index (χ1n) is 5.88. The van der Waals surface area contributed by atoms with Gasteiger partial charge in [-0.2, -0.15) is 11.8 Å². The Kier molecular flexibility index (Phi) is 4.76. The molecule has 0 atom stereocenters. The smallest absolute Gasteiger partial charge is 0.263 e. The van der Waals surface area contributed by atoms with Gasteiger partial charge in [-0.15, -0.1) is 11.3 Å². The predicted octanol–water partition coefficient (Wildman–Crippen LogP) is 3.03. The highest BCUT2D eigenvalue weighted by molar-refractivity contribution is 8.02. The molecule has 2 rings (SSSR count). The summed E-state index contributed by atoms with van der Waals surface area (Å²) in [6.45, 7) is 1.37. The van der Waals surface area contributed by atoms with Crippen molar-refractivity contribution in [2.24, 2.45) is 5.73 Å². The zero-order valence-corrected chi connectivity index (χ0v) is 13.7. The largest absolute Gasteiger partial charge is 0.392 e. The van der Waals surface area contributed by atoms with Crippen molar-refractivity contribution < 1.29 is 4.79 Å². The Hall–Kier alpha value is -0.300. The van der Waals surface area contributed by atoms with Crippen LogP contribution in [0.25, 0.3) is 0 Å². The number of nitrogens with two attached hydrogens (primary N) is 1. The third-order valence-corrected chi connectivity index (χ3v) is 6.63. The Bertz CT molecular complexity index is 495. The molecular formula is C12H15ClN2OS3. The van der Waals surface area contributed by atoms with Gasteiger partial charge in [0, 0.05) is 13.1 Å². The fourth-order valence-corrected chi connectivity index (χ4v) is 4.46. The van der Waals surface area contributed by atoms with Crippen molar-refractivity contribution in [3.05, 3.63) is 21.3 Å². The lowest BCUT2D eigenvalue weighted by molar-refractivity contribution is 0.0724. The summed E-state index contributed by atoms with van der Waals surface area (Å²) in [6, 6.07) is 3.53. The van der Waals surface area contributed by atoms with E-state index in [9.17, 15) is 4.79 Å². The second-order valence-corrected chi connectivity index (χ2v) is 7.80. The molecule has 1 fully saturated rings. The van der Waals surface area contributed by atoms with Crippen molar-refractivity contribution >= 4 is 57.8 Å². The molecule has 2 N–H and O–H groups in total. The maximum atomic E-state index is 12.3. The maximum Gasteiger partial charge on any atom is 0.263 e. The van der Waals surface area contributed by atoms with Crippen LogP contribution in [-0.4, -0.2) is 39.9 Å². The summed E-state index contributed by atoms with van der Waals surface area (Å²) in [5.41, 5.74) is 5.84. The number of nitrogens with zero attached hydrogens (tertiary/aromatic N) is 1. The Labute approximate surface area is 131 Å². The summed E-state index contributed by atoms with van der Waals surface area (Å²) in [5.74, 6) is 0.0505. The molecule has 1 aromatic rings. The third kappa shape index (κ3) is 3.07. The molecule has 19 heavy (non-hydrogen) atoms. The van der Waals surface area contributed by atoms with E-state index in [1.54, 1.807) is 23.9 Å². The molecule has 0 spiro atoms. The monoisotopic (exact) mass is 334 g/mol. The van der Waals surface area contributed by atoms with Crippen LogP contribution in [0.2, 0.25) is 4.34 Å². The van der Waals surface area contributed by atoms with E-state index < -0.39 is 0 Å². The van der Waals surface area contributed by atoms with Gasteiger partial charge in [0.15, 0.2) is 0 Å². The van der Waals surface area contributed by atoms with E-state index in [4.69, 9.17) is 29.6 Å². The lowest BCUT2D eigenvalue weighted by Crippen LogP contribution is -2.50. The first-order valence-corrected chi connectivity index (χ1v) is 8.71. The Balaban J connectivity index is 2.04. The maximum absolute atomic E-state index is 12.3. The average Bonchev–Trinajstić information content (AvgIpc) is 2.84. The molecule has 0 aromatic carbocycles. The molecule has 1 saturated heterocycles. The summed E-state index contributed by atoms with van der Waals surface area (Å²) >= 11 is 14.0. The van der Waals surface area contributed by atoms with Crippen LogP contribution in [-0.2, 0) is 0 Å². The molecular weight excluding hydrogens is 320 g/mol. The molecule has 0 aliphatic carbocycles. The topological polar surface area (TPSA) is 46.3 Å². The molecule has 104 valence electrons. The molecule has 1 aromatic heterocycles. The summed E-state index contributed by atoms with van der Waals surface area (Å²) in [6.07, 6.45) is 3.65. The van der Waals surface area contributed by atoms with E-state index in [1.165, 1.54) is 11.3 Å². The minimum atomic E-state index is -0.154. The SMILES string of the molecule is CSC1(C(N)=S)CCN(C(=O)c2ccc(Cl)s2)CC1. The van der Waals surface area contributed by atoms with E-state index in [0.29, 0.717) is 27.3 Å². The lowest BCUT2D eigenvalue weighted by atomic mass is 9.95. The fourth-order valence-electron chi connectivity index (χ4n) is 2.21. The van der Waals surface area contributed by atoms with Gasteiger partial charge in [-0.25, -0.2) is 0 Å². The van der Waals surface area contributed by atoms with Gasteiger partial charge in [0.2, 0.25) is 0 Å². The van der Waals surface area contributed by atoms with E-state index >= 15 is 0 Å². The zero-order valence-electron chi connectivity index (χ0n) is 10.5. The van der Waals surface area contributed by atoms with Crippen LogP contribution >= 0.6 is 46.9 Å². The van der Waals surface area contributed by atoms with Gasteiger partial charge in [0.25, 0.3) is 5.91 Å². The number of carbonyl (C=O) groups excluding carboxylic acids is 1. The Morgan fingerprint density at radius 3 is 2.58 bits per heavy atom. The van der Waals surface area contributed by atoms with Crippen LogP contribution in [0.4, 0.5) is 0 Å². The van der Waals surface area contributed by atoms with E-state index in [1.807, 2.05) is 11.2 Å². The van der Waals surface area contributed by atoms with Crippen molar-refractivity contribution in [3.8, 4) is 0 Å². The molecule has 3 nitrogen and oxygen atoms in total. The van der Waals surface area contributed by atoms with E-state index in [-0.39, 0.29) is 10.7 Å². The normalized spacial score (nSPS) is 18.3. The van der Waals surface area contributed by atoms with Crippen molar-refractivity contribution in [2.45, 2.75) is 17.6 Å². The van der Waals surface area contributed by atoms with E-state index in [0.717, 1.165) is 12.8 Å². The number of hydrogen-bond donors (Lipinski definition) is 1. The highest BCUT2D eigenvalue weighted by Gasteiger charge is 2.38. The van der Waals surface area contributed by atoms with Crippen molar-refractivity contribution in [1.82, 2.24) is 4.90 Å². The Morgan fingerprint density at radius 2 is 2.16 bits per heavy atom. The van der Waals surface area contributed by atoms with Gasteiger partial charge in [-0.1, -0.05) is 23.8 Å². The van der Waals surface area contributed by atoms with Gasteiger partial charge in [-0.05, 0) is 31.2 Å². The number of carbonyl (C=O) groups is 1. The zero-order chi connectivity index (χ0) is 14.0.